The van der Waals surface area contributed by atoms with E-state index in [-0.39, 0.29) is 11.9 Å². The summed E-state index contributed by atoms with van der Waals surface area (Å²) in [6.45, 7) is 4.43. The zero-order chi connectivity index (χ0) is 18.5. The van der Waals surface area contributed by atoms with Crippen molar-refractivity contribution in [3.05, 3.63) is 71.9 Å². The quantitative estimate of drug-likeness (QED) is 0.778. The van der Waals surface area contributed by atoms with Crippen molar-refractivity contribution in [3.63, 3.8) is 0 Å². The third kappa shape index (κ3) is 4.05. The predicted molar refractivity (Wildman–Crippen MR) is 93.8 cm³/mol. The molecule has 3 rings (SSSR count). The van der Waals surface area contributed by atoms with Crippen LogP contribution in [-0.4, -0.2) is 30.1 Å². The molecule has 0 saturated carbocycles. The minimum absolute atomic E-state index is 0.132. The number of benzene rings is 1. The van der Waals surface area contributed by atoms with Gasteiger partial charge in [0.15, 0.2) is 11.6 Å². The van der Waals surface area contributed by atoms with Gasteiger partial charge in [0.25, 0.3) is 5.91 Å². The zero-order valence-electron chi connectivity index (χ0n) is 14.0. The summed E-state index contributed by atoms with van der Waals surface area (Å²) >= 11 is 0. The molecule has 2 atom stereocenters. The lowest BCUT2D eigenvalue weighted by Gasteiger charge is -2.21. The third-order valence-electron chi connectivity index (χ3n) is 4.13. The number of nitrogens with one attached hydrogen (secondary N) is 2. The first kappa shape index (κ1) is 18.0. The van der Waals surface area contributed by atoms with Gasteiger partial charge in [0, 0.05) is 19.3 Å². The summed E-state index contributed by atoms with van der Waals surface area (Å²) < 4.78 is 32.3. The van der Waals surface area contributed by atoms with E-state index >= 15 is 0 Å². The van der Waals surface area contributed by atoms with Gasteiger partial charge < -0.3 is 15.4 Å². The molecule has 1 aliphatic heterocycles. The lowest BCUT2D eigenvalue weighted by Crippen LogP contribution is -2.25. The van der Waals surface area contributed by atoms with E-state index in [1.165, 1.54) is 12.3 Å². The largest absolute Gasteiger partial charge is 0.371 e. The van der Waals surface area contributed by atoms with E-state index in [1.807, 2.05) is 0 Å². The molecule has 0 radical (unpaired) electrons. The van der Waals surface area contributed by atoms with Gasteiger partial charge in [-0.3, -0.25) is 4.79 Å². The van der Waals surface area contributed by atoms with Crippen LogP contribution in [0.25, 0.3) is 0 Å². The topological polar surface area (TPSA) is 63.2 Å². The van der Waals surface area contributed by atoms with Gasteiger partial charge in [-0.15, -0.1) is 6.58 Å². The summed E-state index contributed by atoms with van der Waals surface area (Å²) in [5.41, 5.74) is 1.01. The Labute approximate surface area is 150 Å². The first-order chi connectivity index (χ1) is 12.6. The summed E-state index contributed by atoms with van der Waals surface area (Å²) in [7, 11) is 0. The summed E-state index contributed by atoms with van der Waals surface area (Å²) in [6.07, 6.45) is 3.37. The predicted octanol–water partition coefficient (Wildman–Crippen LogP) is 3.22. The molecule has 1 fully saturated rings. The molecule has 1 saturated heterocycles. The number of halogens is 2. The molecule has 0 spiro atoms. The van der Waals surface area contributed by atoms with Gasteiger partial charge in [0.1, 0.15) is 11.9 Å². The van der Waals surface area contributed by atoms with Crippen molar-refractivity contribution >= 4 is 11.7 Å². The molecule has 1 aromatic carbocycles. The first-order valence-electron chi connectivity index (χ1n) is 8.26. The standard InChI is InChI=1S/C19H19F2N3O2/c1-2-8-22-19(25)13-4-6-17(23-11-13)24-16-7-9-26-18(16)12-3-5-14(20)15(21)10-12/h2-6,10-11,16,18H,1,7-9H2,(H,22,25)(H,23,24). The third-order valence-corrected chi connectivity index (χ3v) is 4.13. The Balaban J connectivity index is 1.68. The second-order valence-electron chi connectivity index (χ2n) is 5.94. The van der Waals surface area contributed by atoms with Gasteiger partial charge >= 0.3 is 0 Å². The van der Waals surface area contributed by atoms with E-state index in [0.717, 1.165) is 12.1 Å². The van der Waals surface area contributed by atoms with Gasteiger partial charge in [0.05, 0.1) is 11.6 Å². The molecular weight excluding hydrogens is 340 g/mol. The lowest BCUT2D eigenvalue weighted by atomic mass is 10.0. The van der Waals surface area contributed by atoms with Crippen LogP contribution in [0.2, 0.25) is 0 Å². The van der Waals surface area contributed by atoms with Crippen molar-refractivity contribution in [1.82, 2.24) is 10.3 Å². The molecule has 1 aliphatic rings. The molecule has 5 nitrogen and oxygen atoms in total. The van der Waals surface area contributed by atoms with E-state index < -0.39 is 17.7 Å². The van der Waals surface area contributed by atoms with Crippen molar-refractivity contribution in [2.24, 2.45) is 0 Å². The summed E-state index contributed by atoms with van der Waals surface area (Å²) in [5.74, 6) is -1.44. The second kappa shape index (κ2) is 8.05. The summed E-state index contributed by atoms with van der Waals surface area (Å²) in [4.78, 5) is 16.1. The van der Waals surface area contributed by atoms with E-state index in [0.29, 0.717) is 36.5 Å². The highest BCUT2D eigenvalue weighted by Gasteiger charge is 2.30. The van der Waals surface area contributed by atoms with E-state index in [1.54, 1.807) is 18.2 Å². The van der Waals surface area contributed by atoms with Crippen molar-refractivity contribution in [1.29, 1.82) is 0 Å². The molecule has 136 valence electrons. The molecule has 2 heterocycles. The summed E-state index contributed by atoms with van der Waals surface area (Å²) in [6, 6.07) is 7.00. The minimum atomic E-state index is -0.898. The van der Waals surface area contributed by atoms with Gasteiger partial charge in [0.2, 0.25) is 0 Å². The van der Waals surface area contributed by atoms with E-state index in [2.05, 4.69) is 22.2 Å². The molecule has 0 bridgehead atoms. The van der Waals surface area contributed by atoms with E-state index in [9.17, 15) is 13.6 Å². The normalized spacial score (nSPS) is 19.2. The monoisotopic (exact) mass is 359 g/mol. The van der Waals surface area contributed by atoms with E-state index in [4.69, 9.17) is 4.74 Å². The molecule has 2 N–H and O–H groups in total. The Hall–Kier alpha value is -2.80. The number of ether oxygens (including phenoxy) is 1. The maximum absolute atomic E-state index is 13.5. The Morgan fingerprint density at radius 3 is 2.85 bits per heavy atom. The van der Waals surface area contributed by atoms with Crippen LogP contribution >= 0.6 is 0 Å². The highest BCUT2D eigenvalue weighted by molar-refractivity contribution is 5.94. The fourth-order valence-electron chi connectivity index (χ4n) is 2.83. The molecule has 2 unspecified atom stereocenters. The van der Waals surface area contributed by atoms with Crippen molar-refractivity contribution in [3.8, 4) is 0 Å². The van der Waals surface area contributed by atoms with Crippen molar-refractivity contribution < 1.29 is 18.3 Å². The number of rotatable bonds is 6. The number of anilines is 1. The van der Waals surface area contributed by atoms with Crippen LogP contribution in [0.4, 0.5) is 14.6 Å². The fraction of sp³-hybridized carbons (Fsp3) is 0.263. The van der Waals surface area contributed by atoms with Gasteiger partial charge in [-0.1, -0.05) is 12.1 Å². The lowest BCUT2D eigenvalue weighted by molar-refractivity contribution is 0.0957. The van der Waals surface area contributed by atoms with Crippen LogP contribution in [0.1, 0.15) is 28.4 Å². The maximum atomic E-state index is 13.5. The SMILES string of the molecule is C=CCNC(=O)c1ccc(NC2CCOC2c2ccc(F)c(F)c2)nc1. The number of carbonyl (C=O) groups is 1. The van der Waals surface area contributed by atoms with Crippen molar-refractivity contribution in [2.75, 3.05) is 18.5 Å². The summed E-state index contributed by atoms with van der Waals surface area (Å²) in [5, 5.41) is 5.91. The molecule has 0 aliphatic carbocycles. The Kier molecular flexibility index (Phi) is 5.58. The average Bonchev–Trinajstić information content (AvgIpc) is 3.10. The van der Waals surface area contributed by atoms with Crippen LogP contribution in [0, 0.1) is 11.6 Å². The first-order valence-corrected chi connectivity index (χ1v) is 8.26. The molecule has 1 amide bonds. The Morgan fingerprint density at radius 1 is 1.31 bits per heavy atom. The average molecular weight is 359 g/mol. The Bertz CT molecular complexity index is 796. The molecule has 1 aromatic heterocycles. The number of aromatic nitrogens is 1. The highest BCUT2D eigenvalue weighted by atomic mass is 19.2. The van der Waals surface area contributed by atoms with Gasteiger partial charge in [-0.2, -0.15) is 0 Å². The van der Waals surface area contributed by atoms with Gasteiger partial charge in [-0.25, -0.2) is 13.8 Å². The number of carbonyl (C=O) groups excluding carboxylic acids is 1. The molecule has 7 heteroatoms. The number of amides is 1. The smallest absolute Gasteiger partial charge is 0.253 e. The number of nitrogens with zero attached hydrogens (tertiary/aromatic N) is 1. The zero-order valence-corrected chi connectivity index (χ0v) is 14.0. The van der Waals surface area contributed by atoms with Crippen LogP contribution in [0.5, 0.6) is 0 Å². The van der Waals surface area contributed by atoms with Crippen LogP contribution < -0.4 is 10.6 Å². The maximum Gasteiger partial charge on any atom is 0.253 e. The van der Waals surface area contributed by atoms with Crippen LogP contribution in [-0.2, 0) is 4.74 Å². The van der Waals surface area contributed by atoms with Crippen LogP contribution in [0.15, 0.2) is 49.2 Å². The van der Waals surface area contributed by atoms with Crippen molar-refractivity contribution in [2.45, 2.75) is 18.6 Å². The molecular formula is C19H19F2N3O2. The number of pyridine rings is 1. The van der Waals surface area contributed by atoms with Crippen LogP contribution in [0.3, 0.4) is 0 Å². The Morgan fingerprint density at radius 2 is 2.15 bits per heavy atom. The minimum Gasteiger partial charge on any atom is -0.371 e. The number of hydrogen-bond donors (Lipinski definition) is 2. The molecule has 26 heavy (non-hydrogen) atoms. The fourth-order valence-corrected chi connectivity index (χ4v) is 2.83. The second-order valence-corrected chi connectivity index (χ2v) is 5.94. The number of hydrogen-bond acceptors (Lipinski definition) is 4. The highest BCUT2D eigenvalue weighted by Crippen LogP contribution is 2.31. The molecule has 2 aromatic rings. The van der Waals surface area contributed by atoms with Gasteiger partial charge in [-0.05, 0) is 36.2 Å².